The summed E-state index contributed by atoms with van der Waals surface area (Å²) in [6, 6.07) is 6.52. The molecule has 0 saturated heterocycles. The Labute approximate surface area is 119 Å². The molecule has 1 aromatic carbocycles. The maximum absolute atomic E-state index is 12.5. The van der Waals surface area contributed by atoms with Crippen molar-refractivity contribution in [1.29, 1.82) is 0 Å². The molecule has 0 spiro atoms. The summed E-state index contributed by atoms with van der Waals surface area (Å²) in [7, 11) is 0. The van der Waals surface area contributed by atoms with E-state index in [4.69, 9.17) is 0 Å². The second-order valence-corrected chi connectivity index (χ2v) is 5.56. The Morgan fingerprint density at radius 2 is 1.55 bits per heavy atom. The van der Waals surface area contributed by atoms with Crippen molar-refractivity contribution in [2.45, 2.75) is 57.0 Å². The molecule has 1 aromatic rings. The van der Waals surface area contributed by atoms with Crippen LogP contribution in [0.3, 0.4) is 0 Å². The number of halogens is 2. The van der Waals surface area contributed by atoms with Gasteiger partial charge < -0.3 is 10.4 Å². The predicted molar refractivity (Wildman–Crippen MR) is 75.9 cm³/mol. The van der Waals surface area contributed by atoms with Gasteiger partial charge in [0.25, 0.3) is 6.43 Å². The summed E-state index contributed by atoms with van der Waals surface area (Å²) in [4.78, 5) is 0. The van der Waals surface area contributed by atoms with E-state index in [1.54, 1.807) is 12.1 Å². The molecule has 0 heterocycles. The minimum absolute atomic E-state index is 0.00940. The molecule has 0 aromatic heterocycles. The lowest BCUT2D eigenvalue weighted by Gasteiger charge is -2.24. The van der Waals surface area contributed by atoms with Crippen molar-refractivity contribution < 1.29 is 13.9 Å². The Morgan fingerprint density at radius 3 is 2.05 bits per heavy atom. The highest BCUT2D eigenvalue weighted by molar-refractivity contribution is 5.26. The predicted octanol–water partition coefficient (Wildman–Crippen LogP) is 3.97. The normalized spacial score (nSPS) is 19.0. The summed E-state index contributed by atoms with van der Waals surface area (Å²) in [5, 5.41) is 13.0. The van der Waals surface area contributed by atoms with Crippen LogP contribution in [0.4, 0.5) is 8.78 Å². The van der Waals surface area contributed by atoms with Gasteiger partial charge in [-0.2, -0.15) is 0 Å². The monoisotopic (exact) mass is 283 g/mol. The van der Waals surface area contributed by atoms with Gasteiger partial charge in [-0.3, -0.25) is 0 Å². The summed E-state index contributed by atoms with van der Waals surface area (Å²) < 4.78 is 25.1. The van der Waals surface area contributed by atoms with Crippen LogP contribution in [0.5, 0.6) is 0 Å². The van der Waals surface area contributed by atoms with Crippen LogP contribution in [0, 0.1) is 0 Å². The Hall–Kier alpha value is -1.00. The Morgan fingerprint density at radius 1 is 1.00 bits per heavy atom. The molecule has 0 radical (unpaired) electrons. The van der Waals surface area contributed by atoms with Crippen LogP contribution in [0.15, 0.2) is 24.3 Å². The summed E-state index contributed by atoms with van der Waals surface area (Å²) in [6.07, 6.45) is 4.83. The molecule has 4 heteroatoms. The summed E-state index contributed by atoms with van der Waals surface area (Å²) in [5.41, 5.74) is 0.904. The summed E-state index contributed by atoms with van der Waals surface area (Å²) >= 11 is 0. The van der Waals surface area contributed by atoms with Crippen molar-refractivity contribution in [2.24, 2.45) is 0 Å². The van der Waals surface area contributed by atoms with E-state index in [2.05, 4.69) is 5.32 Å². The number of aliphatic hydroxyl groups is 1. The molecule has 2 nitrogen and oxygen atoms in total. The molecule has 112 valence electrons. The van der Waals surface area contributed by atoms with Crippen LogP contribution in [-0.2, 0) is 0 Å². The quantitative estimate of drug-likeness (QED) is 0.801. The van der Waals surface area contributed by atoms with Crippen LogP contribution >= 0.6 is 0 Å². The van der Waals surface area contributed by atoms with Crippen LogP contribution in [0.2, 0.25) is 0 Å². The molecule has 0 bridgehead atoms. The number of aliphatic hydroxyl groups excluding tert-OH is 1. The average Bonchev–Trinajstić information content (AvgIpc) is 2.73. The number of rotatable bonds is 5. The van der Waals surface area contributed by atoms with Gasteiger partial charge in [0, 0.05) is 11.6 Å². The maximum Gasteiger partial charge on any atom is 0.263 e. The Kier molecular flexibility index (Phi) is 5.92. The van der Waals surface area contributed by atoms with Gasteiger partial charge in [0.1, 0.15) is 0 Å². The zero-order valence-corrected chi connectivity index (χ0v) is 11.7. The van der Waals surface area contributed by atoms with E-state index in [1.807, 2.05) is 0 Å². The van der Waals surface area contributed by atoms with E-state index in [-0.39, 0.29) is 18.2 Å². The van der Waals surface area contributed by atoms with Gasteiger partial charge >= 0.3 is 0 Å². The summed E-state index contributed by atoms with van der Waals surface area (Å²) in [5.74, 6) is 0. The van der Waals surface area contributed by atoms with Crippen LogP contribution < -0.4 is 5.32 Å². The third-order valence-corrected chi connectivity index (χ3v) is 4.07. The fourth-order valence-electron chi connectivity index (χ4n) is 2.86. The van der Waals surface area contributed by atoms with E-state index in [1.165, 1.54) is 37.8 Å². The molecule has 0 aliphatic heterocycles. The SMILES string of the molecule is OCC(NC1CCCCCC1)c1ccc(C(F)F)cc1. The van der Waals surface area contributed by atoms with E-state index in [0.29, 0.717) is 6.04 Å². The van der Waals surface area contributed by atoms with Gasteiger partial charge in [0.05, 0.1) is 12.6 Å². The molecular formula is C16H23F2NO. The van der Waals surface area contributed by atoms with Crippen molar-refractivity contribution in [3.8, 4) is 0 Å². The molecular weight excluding hydrogens is 260 g/mol. The fourth-order valence-corrected chi connectivity index (χ4v) is 2.86. The second kappa shape index (κ2) is 7.70. The van der Waals surface area contributed by atoms with Gasteiger partial charge in [-0.15, -0.1) is 0 Å². The van der Waals surface area contributed by atoms with Crippen molar-refractivity contribution in [3.05, 3.63) is 35.4 Å². The van der Waals surface area contributed by atoms with Crippen molar-refractivity contribution in [1.82, 2.24) is 5.32 Å². The maximum atomic E-state index is 12.5. The first-order chi connectivity index (χ1) is 9.70. The zero-order valence-electron chi connectivity index (χ0n) is 11.7. The third kappa shape index (κ3) is 4.25. The Balaban J connectivity index is 1.99. The first kappa shape index (κ1) is 15.4. The van der Waals surface area contributed by atoms with Gasteiger partial charge in [0.2, 0.25) is 0 Å². The minimum Gasteiger partial charge on any atom is -0.394 e. The topological polar surface area (TPSA) is 32.3 Å². The first-order valence-corrected chi connectivity index (χ1v) is 7.45. The smallest absolute Gasteiger partial charge is 0.263 e. The van der Waals surface area contributed by atoms with Gasteiger partial charge in [-0.05, 0) is 18.4 Å². The van der Waals surface area contributed by atoms with Gasteiger partial charge in [-0.25, -0.2) is 8.78 Å². The van der Waals surface area contributed by atoms with E-state index >= 15 is 0 Å². The van der Waals surface area contributed by atoms with E-state index in [0.717, 1.165) is 18.4 Å². The molecule has 1 aliphatic carbocycles. The van der Waals surface area contributed by atoms with Crippen molar-refractivity contribution in [2.75, 3.05) is 6.61 Å². The highest BCUT2D eigenvalue weighted by Crippen LogP contribution is 2.23. The van der Waals surface area contributed by atoms with Crippen LogP contribution in [0.25, 0.3) is 0 Å². The average molecular weight is 283 g/mol. The standard InChI is InChI=1S/C16H23F2NO/c17-16(18)13-9-7-12(8-10-13)15(11-20)19-14-5-3-1-2-4-6-14/h7-10,14-16,19-20H,1-6,11H2. The molecule has 2 N–H and O–H groups in total. The number of hydrogen-bond acceptors (Lipinski definition) is 2. The number of alkyl halides is 2. The highest BCUT2D eigenvalue weighted by atomic mass is 19.3. The van der Waals surface area contributed by atoms with E-state index in [9.17, 15) is 13.9 Å². The van der Waals surface area contributed by atoms with E-state index < -0.39 is 6.43 Å². The van der Waals surface area contributed by atoms with Crippen molar-refractivity contribution in [3.63, 3.8) is 0 Å². The second-order valence-electron chi connectivity index (χ2n) is 5.56. The zero-order chi connectivity index (χ0) is 14.4. The van der Waals surface area contributed by atoms with Crippen LogP contribution in [0.1, 0.15) is 62.1 Å². The molecule has 1 atom stereocenters. The molecule has 1 saturated carbocycles. The number of nitrogens with one attached hydrogen (secondary N) is 1. The Bertz CT molecular complexity index is 386. The lowest BCUT2D eigenvalue weighted by atomic mass is 10.0. The van der Waals surface area contributed by atoms with Crippen molar-refractivity contribution >= 4 is 0 Å². The molecule has 2 rings (SSSR count). The van der Waals surface area contributed by atoms with Gasteiger partial charge in [0.15, 0.2) is 0 Å². The number of benzene rings is 1. The molecule has 1 unspecified atom stereocenters. The fraction of sp³-hybridized carbons (Fsp3) is 0.625. The molecule has 0 amide bonds. The third-order valence-electron chi connectivity index (χ3n) is 4.07. The minimum atomic E-state index is -2.44. The largest absolute Gasteiger partial charge is 0.394 e. The summed E-state index contributed by atoms with van der Waals surface area (Å²) in [6.45, 7) is -0.00940. The molecule has 1 aliphatic rings. The first-order valence-electron chi connectivity index (χ1n) is 7.45. The lowest BCUT2D eigenvalue weighted by Crippen LogP contribution is -2.34. The molecule has 1 fully saturated rings. The van der Waals surface area contributed by atoms with Crippen LogP contribution in [-0.4, -0.2) is 17.8 Å². The van der Waals surface area contributed by atoms with Gasteiger partial charge in [-0.1, -0.05) is 49.9 Å². The highest BCUT2D eigenvalue weighted by Gasteiger charge is 2.18. The number of hydrogen-bond donors (Lipinski definition) is 2. The molecule has 20 heavy (non-hydrogen) atoms. The lowest BCUT2D eigenvalue weighted by molar-refractivity contribution is 0.151.